The zero-order valence-electron chi connectivity index (χ0n) is 23.7. The molecule has 0 saturated carbocycles. The van der Waals surface area contributed by atoms with Gasteiger partial charge < -0.3 is 29.7 Å². The SMILES string of the molecule is COc1cc2c(cc1Nc1ncc(Br)c(Nc3ccc4nccnc4c3P(C)(C)=O)n1)CCN2C1CCN(C)CC1. The van der Waals surface area contributed by atoms with Crippen LogP contribution >= 0.6 is 23.1 Å². The Morgan fingerprint density at radius 2 is 1.80 bits per heavy atom. The summed E-state index contributed by atoms with van der Waals surface area (Å²) in [6.07, 6.45) is 8.29. The third-order valence-corrected chi connectivity index (χ3v) is 9.97. The van der Waals surface area contributed by atoms with E-state index >= 15 is 0 Å². The topological polar surface area (TPSA) is 108 Å². The molecule has 1 saturated heterocycles. The van der Waals surface area contributed by atoms with Crippen molar-refractivity contribution in [3.05, 3.63) is 52.9 Å². The molecule has 0 aliphatic carbocycles. The number of ether oxygens (including phenoxy) is 1. The molecule has 2 aromatic heterocycles. The minimum Gasteiger partial charge on any atom is -0.494 e. The van der Waals surface area contributed by atoms with Crippen LogP contribution in [0, 0.1) is 0 Å². The lowest BCUT2D eigenvalue weighted by molar-refractivity contribution is 0.251. The normalized spacial score (nSPS) is 16.2. The number of methoxy groups -OCH3 is 1. The van der Waals surface area contributed by atoms with E-state index in [0.29, 0.717) is 44.3 Å². The highest BCUT2D eigenvalue weighted by molar-refractivity contribution is 9.10. The lowest BCUT2D eigenvalue weighted by Gasteiger charge is -2.36. The van der Waals surface area contributed by atoms with Crippen LogP contribution in [0.4, 0.5) is 28.8 Å². The smallest absolute Gasteiger partial charge is 0.229 e. The van der Waals surface area contributed by atoms with Crippen molar-refractivity contribution < 1.29 is 9.30 Å². The highest BCUT2D eigenvalue weighted by Gasteiger charge is 2.30. The van der Waals surface area contributed by atoms with Crippen molar-refractivity contribution in [1.82, 2.24) is 24.8 Å². The lowest BCUT2D eigenvalue weighted by Crippen LogP contribution is -2.43. The molecule has 2 N–H and O–H groups in total. The molecule has 12 heteroatoms. The van der Waals surface area contributed by atoms with Crippen LogP contribution in [0.3, 0.4) is 0 Å². The van der Waals surface area contributed by atoms with E-state index in [0.717, 1.165) is 37.5 Å². The fourth-order valence-electron chi connectivity index (χ4n) is 5.83. The van der Waals surface area contributed by atoms with E-state index in [9.17, 15) is 4.57 Å². The van der Waals surface area contributed by atoms with Gasteiger partial charge in [0.05, 0.1) is 33.8 Å². The third kappa shape index (κ3) is 5.63. The molecule has 0 radical (unpaired) electrons. The summed E-state index contributed by atoms with van der Waals surface area (Å²) in [6.45, 7) is 6.75. The highest BCUT2D eigenvalue weighted by atomic mass is 79.9. The Labute approximate surface area is 248 Å². The van der Waals surface area contributed by atoms with Gasteiger partial charge in [0.25, 0.3) is 0 Å². The first-order valence-electron chi connectivity index (χ1n) is 13.7. The van der Waals surface area contributed by atoms with Crippen LogP contribution in [0.1, 0.15) is 18.4 Å². The Kier molecular flexibility index (Phi) is 7.61. The van der Waals surface area contributed by atoms with Crippen molar-refractivity contribution in [2.45, 2.75) is 25.3 Å². The van der Waals surface area contributed by atoms with Crippen molar-refractivity contribution in [2.24, 2.45) is 0 Å². The molecule has 1 fully saturated rings. The van der Waals surface area contributed by atoms with Crippen LogP contribution in [0.15, 0.2) is 47.3 Å². The number of nitrogens with zero attached hydrogens (tertiary/aromatic N) is 6. The lowest BCUT2D eigenvalue weighted by atomic mass is 10.0. The largest absolute Gasteiger partial charge is 0.494 e. The van der Waals surface area contributed by atoms with Gasteiger partial charge in [-0.25, -0.2) is 4.98 Å². The maximum Gasteiger partial charge on any atom is 0.229 e. The summed E-state index contributed by atoms with van der Waals surface area (Å²) in [5.74, 6) is 1.70. The highest BCUT2D eigenvalue weighted by Crippen LogP contribution is 2.42. The van der Waals surface area contributed by atoms with Gasteiger partial charge in [0.15, 0.2) is 0 Å². The van der Waals surface area contributed by atoms with Crippen molar-refractivity contribution in [1.29, 1.82) is 0 Å². The van der Waals surface area contributed by atoms with E-state index < -0.39 is 7.14 Å². The minimum absolute atomic E-state index is 0.414. The van der Waals surface area contributed by atoms with E-state index in [2.05, 4.69) is 70.5 Å². The van der Waals surface area contributed by atoms with Crippen molar-refractivity contribution in [2.75, 3.05) is 62.7 Å². The molecule has 2 aromatic carbocycles. The molecule has 10 nitrogen and oxygen atoms in total. The maximum absolute atomic E-state index is 13.4. The van der Waals surface area contributed by atoms with Gasteiger partial charge >= 0.3 is 0 Å². The van der Waals surface area contributed by atoms with Crippen molar-refractivity contribution >= 4 is 68.2 Å². The predicted octanol–water partition coefficient (Wildman–Crippen LogP) is 5.38. The van der Waals surface area contributed by atoms with E-state index in [1.54, 1.807) is 39.0 Å². The average Bonchev–Trinajstić information content (AvgIpc) is 3.36. The van der Waals surface area contributed by atoms with Gasteiger partial charge in [0.2, 0.25) is 5.95 Å². The van der Waals surface area contributed by atoms with Gasteiger partial charge in [-0.15, -0.1) is 0 Å². The van der Waals surface area contributed by atoms with Crippen molar-refractivity contribution in [3.63, 3.8) is 0 Å². The maximum atomic E-state index is 13.4. The van der Waals surface area contributed by atoms with Crippen LogP contribution in [-0.2, 0) is 11.0 Å². The average molecular weight is 638 g/mol. The molecule has 41 heavy (non-hydrogen) atoms. The van der Waals surface area contributed by atoms with E-state index in [4.69, 9.17) is 9.72 Å². The Balaban J connectivity index is 1.29. The molecule has 2 aliphatic rings. The number of halogens is 1. The number of fused-ring (bicyclic) bond motifs is 2. The fraction of sp³-hybridized carbons (Fsp3) is 0.379. The minimum atomic E-state index is -2.72. The summed E-state index contributed by atoms with van der Waals surface area (Å²) in [6, 6.07) is 8.59. The Morgan fingerprint density at radius 1 is 1.02 bits per heavy atom. The molecular weight excluding hydrogens is 603 g/mol. The number of piperidine rings is 1. The molecule has 4 heterocycles. The van der Waals surface area contributed by atoms with Crippen molar-refractivity contribution in [3.8, 4) is 5.75 Å². The molecular formula is C29H34BrN8O2P. The fourth-order valence-corrected chi connectivity index (χ4v) is 7.51. The molecule has 214 valence electrons. The van der Waals surface area contributed by atoms with E-state index in [1.165, 1.54) is 24.1 Å². The molecule has 0 amide bonds. The van der Waals surface area contributed by atoms with Crippen LogP contribution in [0.5, 0.6) is 5.75 Å². The Bertz CT molecular complexity index is 1650. The quantitative estimate of drug-likeness (QED) is 0.257. The number of likely N-dealkylation sites (tertiary alicyclic amines) is 1. The molecule has 4 aromatic rings. The molecule has 0 atom stereocenters. The Hall–Kier alpha value is -3.27. The van der Waals surface area contributed by atoms with Gasteiger partial charge in [-0.3, -0.25) is 9.97 Å². The summed E-state index contributed by atoms with van der Waals surface area (Å²) < 4.78 is 19.8. The third-order valence-electron chi connectivity index (χ3n) is 7.86. The van der Waals surface area contributed by atoms with Gasteiger partial charge in [-0.2, -0.15) is 4.98 Å². The summed E-state index contributed by atoms with van der Waals surface area (Å²) in [5, 5.41) is 7.37. The monoisotopic (exact) mass is 636 g/mol. The number of nitrogens with one attached hydrogen (secondary N) is 2. The molecule has 0 unspecified atom stereocenters. The van der Waals surface area contributed by atoms with Crippen LogP contribution in [0.25, 0.3) is 11.0 Å². The second kappa shape index (κ2) is 11.2. The number of anilines is 5. The zero-order chi connectivity index (χ0) is 28.7. The summed E-state index contributed by atoms with van der Waals surface area (Å²) in [7, 11) is 1.17. The van der Waals surface area contributed by atoms with Gasteiger partial charge in [0.1, 0.15) is 24.2 Å². The van der Waals surface area contributed by atoms with Crippen LogP contribution < -0.4 is 25.6 Å². The standard InChI is InChI=1S/C29H34BrN8O2P/c1-37-12-8-19(9-13-37)38-14-7-18-15-23(25(40-2)16-24(18)38)35-29-33-17-20(30)28(36-29)34-22-6-5-21-26(32-11-10-31-21)27(22)41(3,4)39/h5-6,10-11,15-17,19H,7-9,12-14H2,1-4H3,(H2,33,34,35,36). The van der Waals surface area contributed by atoms with E-state index in [-0.39, 0.29) is 0 Å². The number of hydrogen-bond donors (Lipinski definition) is 2. The van der Waals surface area contributed by atoms with Gasteiger partial charge in [-0.05, 0) is 92.4 Å². The van der Waals surface area contributed by atoms with E-state index in [1.807, 2.05) is 12.1 Å². The van der Waals surface area contributed by atoms with Gasteiger partial charge in [0, 0.05) is 42.9 Å². The van der Waals surface area contributed by atoms with Crippen LogP contribution in [0.2, 0.25) is 0 Å². The molecule has 0 spiro atoms. The first-order valence-corrected chi connectivity index (χ1v) is 17.1. The molecule has 6 rings (SSSR count). The predicted molar refractivity (Wildman–Crippen MR) is 169 cm³/mol. The first-order chi connectivity index (χ1) is 19.7. The number of rotatable bonds is 7. The summed E-state index contributed by atoms with van der Waals surface area (Å²) >= 11 is 3.57. The second-order valence-electron chi connectivity index (χ2n) is 11.0. The summed E-state index contributed by atoms with van der Waals surface area (Å²) in [5.41, 5.74) is 5.35. The number of benzene rings is 2. The second-order valence-corrected chi connectivity index (χ2v) is 15.0. The molecule has 2 aliphatic heterocycles. The number of hydrogen-bond acceptors (Lipinski definition) is 10. The molecule has 0 bridgehead atoms. The van der Waals surface area contributed by atoms with Gasteiger partial charge in [-0.1, -0.05) is 0 Å². The zero-order valence-corrected chi connectivity index (χ0v) is 26.2. The summed E-state index contributed by atoms with van der Waals surface area (Å²) in [4.78, 5) is 23.1. The first kappa shape index (κ1) is 27.9. The van der Waals surface area contributed by atoms with Crippen LogP contribution in [-0.4, -0.2) is 78.0 Å². The number of aromatic nitrogens is 4. The Morgan fingerprint density at radius 3 is 2.56 bits per heavy atom.